The average Bonchev–Trinajstić information content (AvgIpc) is 2.72. The van der Waals surface area contributed by atoms with Crippen molar-refractivity contribution < 1.29 is 9.18 Å². The van der Waals surface area contributed by atoms with Crippen LogP contribution in [0.5, 0.6) is 0 Å². The normalized spacial score (nSPS) is 10.9. The van der Waals surface area contributed by atoms with E-state index >= 15 is 0 Å². The fourth-order valence-electron chi connectivity index (χ4n) is 2.95. The Balaban J connectivity index is 1.68. The average molecular weight is 440 g/mol. The van der Waals surface area contributed by atoms with Gasteiger partial charge in [0.15, 0.2) is 5.16 Å². The van der Waals surface area contributed by atoms with E-state index in [0.717, 1.165) is 11.8 Å². The minimum atomic E-state index is -0.438. The molecule has 0 aliphatic carbocycles. The van der Waals surface area contributed by atoms with E-state index < -0.39 is 5.82 Å². The highest BCUT2D eigenvalue weighted by Crippen LogP contribution is 2.23. The highest BCUT2D eigenvalue weighted by Gasteiger charge is 2.15. The summed E-state index contributed by atoms with van der Waals surface area (Å²) in [5.41, 5.74) is 1.20. The maximum Gasteiger partial charge on any atom is 0.266 e. The number of hydrogen-bond acceptors (Lipinski definition) is 4. The molecular weight excluding hydrogens is 425 g/mol. The second-order valence-corrected chi connectivity index (χ2v) is 7.76. The third-order valence-corrected chi connectivity index (χ3v) is 5.43. The number of para-hydroxylation sites is 1. The van der Waals surface area contributed by atoms with Crippen LogP contribution in [0, 0.1) is 5.82 Å². The van der Waals surface area contributed by atoms with Crippen LogP contribution in [-0.2, 0) is 4.79 Å². The fourth-order valence-corrected chi connectivity index (χ4v) is 3.94. The Bertz CT molecular complexity index is 1310. The van der Waals surface area contributed by atoms with Crippen molar-refractivity contribution >= 4 is 45.9 Å². The van der Waals surface area contributed by atoms with Gasteiger partial charge < -0.3 is 5.32 Å². The van der Waals surface area contributed by atoms with E-state index in [2.05, 4.69) is 10.3 Å². The number of thioether (sulfide) groups is 1. The number of fused-ring (bicyclic) bond motifs is 1. The van der Waals surface area contributed by atoms with Gasteiger partial charge in [0.05, 0.1) is 22.3 Å². The van der Waals surface area contributed by atoms with E-state index in [1.807, 2.05) is 0 Å². The molecule has 0 aliphatic rings. The number of carbonyl (C=O) groups excluding carboxylic acids is 1. The summed E-state index contributed by atoms with van der Waals surface area (Å²) in [5, 5.41) is 3.94. The number of amides is 1. The minimum Gasteiger partial charge on any atom is -0.325 e. The van der Waals surface area contributed by atoms with Gasteiger partial charge in [0.2, 0.25) is 5.91 Å². The molecule has 0 fully saturated rings. The molecule has 0 spiro atoms. The first-order valence-corrected chi connectivity index (χ1v) is 10.3. The van der Waals surface area contributed by atoms with E-state index in [1.54, 1.807) is 54.6 Å². The lowest BCUT2D eigenvalue weighted by atomic mass is 10.2. The van der Waals surface area contributed by atoms with Gasteiger partial charge in [-0.15, -0.1) is 0 Å². The summed E-state index contributed by atoms with van der Waals surface area (Å²) in [6, 6.07) is 19.5. The maximum atomic E-state index is 13.3. The quantitative estimate of drug-likeness (QED) is 0.354. The Hall–Kier alpha value is -3.16. The fraction of sp³-hybridized carbons (Fsp3) is 0.0455. The van der Waals surface area contributed by atoms with E-state index in [1.165, 1.54) is 22.8 Å². The Labute approximate surface area is 180 Å². The molecule has 1 amide bonds. The number of nitrogens with one attached hydrogen (secondary N) is 1. The van der Waals surface area contributed by atoms with E-state index in [-0.39, 0.29) is 17.2 Å². The van der Waals surface area contributed by atoms with Crippen molar-refractivity contribution in [3.63, 3.8) is 0 Å². The van der Waals surface area contributed by atoms with Gasteiger partial charge >= 0.3 is 0 Å². The van der Waals surface area contributed by atoms with Gasteiger partial charge in [0, 0.05) is 10.7 Å². The number of halogens is 2. The summed E-state index contributed by atoms with van der Waals surface area (Å²) >= 11 is 7.22. The summed E-state index contributed by atoms with van der Waals surface area (Å²) in [6.07, 6.45) is 0. The zero-order chi connectivity index (χ0) is 21.1. The predicted molar refractivity (Wildman–Crippen MR) is 118 cm³/mol. The maximum absolute atomic E-state index is 13.3. The third-order valence-electron chi connectivity index (χ3n) is 4.25. The zero-order valence-corrected chi connectivity index (χ0v) is 17.1. The summed E-state index contributed by atoms with van der Waals surface area (Å²) in [7, 11) is 0. The van der Waals surface area contributed by atoms with Gasteiger partial charge in [-0.1, -0.05) is 47.6 Å². The molecular formula is C22H15ClFN3O2S. The molecule has 0 unspecified atom stereocenters. The summed E-state index contributed by atoms with van der Waals surface area (Å²) < 4.78 is 14.8. The van der Waals surface area contributed by atoms with Crippen molar-refractivity contribution in [3.05, 3.63) is 94.0 Å². The van der Waals surface area contributed by atoms with Crippen molar-refractivity contribution in [3.8, 4) is 5.69 Å². The van der Waals surface area contributed by atoms with Gasteiger partial charge in [0.1, 0.15) is 5.82 Å². The monoisotopic (exact) mass is 439 g/mol. The number of benzene rings is 3. The number of anilines is 1. The molecule has 30 heavy (non-hydrogen) atoms. The van der Waals surface area contributed by atoms with Gasteiger partial charge in [-0.3, -0.25) is 14.2 Å². The molecule has 0 saturated heterocycles. The Morgan fingerprint density at radius 1 is 1.07 bits per heavy atom. The molecule has 4 aromatic rings. The molecule has 5 nitrogen and oxygen atoms in total. The van der Waals surface area contributed by atoms with Crippen LogP contribution in [0.1, 0.15) is 0 Å². The zero-order valence-electron chi connectivity index (χ0n) is 15.5. The lowest BCUT2D eigenvalue weighted by Gasteiger charge is -2.13. The Kier molecular flexibility index (Phi) is 5.83. The number of nitrogens with zero attached hydrogens (tertiary/aromatic N) is 2. The second-order valence-electron chi connectivity index (χ2n) is 6.38. The van der Waals surface area contributed by atoms with E-state index in [9.17, 15) is 14.0 Å². The third kappa shape index (κ3) is 4.37. The summed E-state index contributed by atoms with van der Waals surface area (Å²) in [6.45, 7) is 0. The van der Waals surface area contributed by atoms with Gasteiger partial charge in [-0.2, -0.15) is 0 Å². The first kappa shape index (κ1) is 20.1. The van der Waals surface area contributed by atoms with Crippen LogP contribution in [0.15, 0.2) is 82.7 Å². The molecule has 1 N–H and O–H groups in total. The largest absolute Gasteiger partial charge is 0.325 e. The van der Waals surface area contributed by atoms with Crippen LogP contribution in [0.4, 0.5) is 10.1 Å². The summed E-state index contributed by atoms with van der Waals surface area (Å²) in [5.74, 6) is -0.793. The number of aromatic nitrogens is 2. The van der Waals surface area contributed by atoms with Gasteiger partial charge in [-0.05, 0) is 48.5 Å². The lowest BCUT2D eigenvalue weighted by molar-refractivity contribution is -0.113. The van der Waals surface area contributed by atoms with E-state index in [0.29, 0.717) is 32.5 Å². The molecule has 1 aromatic heterocycles. The smallest absolute Gasteiger partial charge is 0.266 e. The molecule has 0 bridgehead atoms. The number of carbonyl (C=O) groups is 1. The molecule has 0 atom stereocenters. The van der Waals surface area contributed by atoms with Gasteiger partial charge in [0.25, 0.3) is 5.56 Å². The van der Waals surface area contributed by atoms with Gasteiger partial charge in [-0.25, -0.2) is 9.37 Å². The SMILES string of the molecule is O=C(CSc1nc2ccccc2c(=O)n1-c1cccc(Cl)c1)Nc1cccc(F)c1. The molecule has 8 heteroatoms. The highest BCUT2D eigenvalue weighted by molar-refractivity contribution is 7.99. The first-order chi connectivity index (χ1) is 14.5. The predicted octanol–water partition coefficient (Wildman–Crippen LogP) is 4.91. The molecule has 0 aliphatic heterocycles. The number of rotatable bonds is 5. The molecule has 0 saturated carbocycles. The minimum absolute atomic E-state index is 0.0120. The van der Waals surface area contributed by atoms with Crippen LogP contribution in [0.2, 0.25) is 5.02 Å². The molecule has 1 heterocycles. The lowest BCUT2D eigenvalue weighted by Crippen LogP contribution is -2.23. The Morgan fingerprint density at radius 2 is 1.87 bits per heavy atom. The standard InChI is InChI=1S/C22H15ClFN3O2S/c23-14-5-3-8-17(11-14)27-21(29)18-9-1-2-10-19(18)26-22(27)30-13-20(28)25-16-7-4-6-15(24)12-16/h1-12H,13H2,(H,25,28). The van der Waals surface area contributed by atoms with Crippen molar-refractivity contribution in [2.24, 2.45) is 0 Å². The Morgan fingerprint density at radius 3 is 2.67 bits per heavy atom. The topological polar surface area (TPSA) is 64.0 Å². The van der Waals surface area contributed by atoms with Crippen LogP contribution in [-0.4, -0.2) is 21.2 Å². The van der Waals surface area contributed by atoms with Crippen LogP contribution >= 0.6 is 23.4 Å². The van der Waals surface area contributed by atoms with E-state index in [4.69, 9.17) is 11.6 Å². The second kappa shape index (κ2) is 8.69. The molecule has 150 valence electrons. The van der Waals surface area contributed by atoms with Crippen molar-refractivity contribution in [1.29, 1.82) is 0 Å². The van der Waals surface area contributed by atoms with Crippen molar-refractivity contribution in [1.82, 2.24) is 9.55 Å². The molecule has 0 radical (unpaired) electrons. The van der Waals surface area contributed by atoms with Crippen molar-refractivity contribution in [2.75, 3.05) is 11.1 Å². The highest BCUT2D eigenvalue weighted by atomic mass is 35.5. The van der Waals surface area contributed by atoms with Crippen LogP contribution in [0.25, 0.3) is 16.6 Å². The van der Waals surface area contributed by atoms with Crippen molar-refractivity contribution in [2.45, 2.75) is 5.16 Å². The molecule has 4 rings (SSSR count). The number of hydrogen-bond donors (Lipinski definition) is 1. The first-order valence-electron chi connectivity index (χ1n) is 8.97. The summed E-state index contributed by atoms with van der Waals surface area (Å²) in [4.78, 5) is 30.1. The van der Waals surface area contributed by atoms with Crippen LogP contribution in [0.3, 0.4) is 0 Å². The molecule has 3 aromatic carbocycles. The van der Waals surface area contributed by atoms with Crippen LogP contribution < -0.4 is 10.9 Å².